The van der Waals surface area contributed by atoms with Gasteiger partial charge in [0.05, 0.1) is 6.61 Å². The molecule has 216 valence electrons. The van der Waals surface area contributed by atoms with Crippen LogP contribution >= 0.6 is 0 Å². The van der Waals surface area contributed by atoms with Crippen LogP contribution in [0.3, 0.4) is 0 Å². The van der Waals surface area contributed by atoms with E-state index in [0.29, 0.717) is 12.6 Å². The van der Waals surface area contributed by atoms with E-state index >= 15 is 0 Å². The topological polar surface area (TPSA) is 66.6 Å². The van der Waals surface area contributed by atoms with Crippen LogP contribution in [0.4, 0.5) is 4.39 Å². The zero-order valence-electron chi connectivity index (χ0n) is 23.6. The van der Waals surface area contributed by atoms with Crippen molar-refractivity contribution >= 4 is 16.8 Å². The van der Waals surface area contributed by atoms with Crippen LogP contribution in [0.5, 0.6) is 0 Å². The summed E-state index contributed by atoms with van der Waals surface area (Å²) in [7, 11) is 0. The molecule has 0 radical (unpaired) electrons. The molecule has 1 aliphatic heterocycles. The SMILES string of the molecule is O=C(COCc1ccc(F)cc1)NCCCc1ccc(CN(CCc2c[nH]c3ccccc23)C2CCOCC2)cc1. The highest BCUT2D eigenvalue weighted by molar-refractivity contribution is 5.83. The van der Waals surface area contributed by atoms with Gasteiger partial charge in [-0.05, 0) is 72.6 Å². The van der Waals surface area contributed by atoms with Crippen molar-refractivity contribution in [3.63, 3.8) is 0 Å². The number of para-hydroxylation sites is 1. The molecule has 0 atom stereocenters. The largest absolute Gasteiger partial charge is 0.381 e. The van der Waals surface area contributed by atoms with E-state index in [1.54, 1.807) is 12.1 Å². The second-order valence-electron chi connectivity index (χ2n) is 10.8. The summed E-state index contributed by atoms with van der Waals surface area (Å²) in [4.78, 5) is 18.1. The second-order valence-corrected chi connectivity index (χ2v) is 10.8. The molecule has 1 saturated heterocycles. The molecule has 1 aromatic heterocycles. The third-order valence-electron chi connectivity index (χ3n) is 7.84. The summed E-state index contributed by atoms with van der Waals surface area (Å²) in [5.41, 5.74) is 6.01. The molecule has 5 rings (SSSR count). The summed E-state index contributed by atoms with van der Waals surface area (Å²) in [5, 5.41) is 4.23. The maximum absolute atomic E-state index is 13.0. The van der Waals surface area contributed by atoms with Crippen LogP contribution in [0.15, 0.2) is 79.0 Å². The zero-order chi connectivity index (χ0) is 28.3. The van der Waals surface area contributed by atoms with Crippen molar-refractivity contribution in [2.24, 2.45) is 0 Å². The number of nitrogens with one attached hydrogen (secondary N) is 2. The fourth-order valence-electron chi connectivity index (χ4n) is 5.50. The number of aryl methyl sites for hydroxylation is 1. The van der Waals surface area contributed by atoms with Gasteiger partial charge >= 0.3 is 0 Å². The predicted octanol–water partition coefficient (Wildman–Crippen LogP) is 5.80. The lowest BCUT2D eigenvalue weighted by atomic mass is 10.0. The number of carbonyl (C=O) groups excluding carboxylic acids is 1. The van der Waals surface area contributed by atoms with Crippen LogP contribution in [0.25, 0.3) is 10.9 Å². The number of benzene rings is 3. The van der Waals surface area contributed by atoms with Crippen LogP contribution in [-0.4, -0.2) is 54.7 Å². The molecule has 1 aliphatic rings. The van der Waals surface area contributed by atoms with Gasteiger partial charge in [0.2, 0.25) is 5.91 Å². The van der Waals surface area contributed by atoms with E-state index in [4.69, 9.17) is 9.47 Å². The maximum atomic E-state index is 13.0. The second kappa shape index (κ2) is 14.9. The van der Waals surface area contributed by atoms with Gasteiger partial charge in [-0.1, -0.05) is 54.6 Å². The maximum Gasteiger partial charge on any atom is 0.246 e. The molecule has 4 aromatic rings. The molecule has 0 bridgehead atoms. The number of amides is 1. The standard InChI is InChI=1S/C34H40FN3O3/c35-30-13-11-28(12-14-30)24-41-25-34(39)36-18-3-4-26-7-9-27(10-8-26)23-38(31-16-20-40-21-17-31)19-15-29-22-37-33-6-2-1-5-32(29)33/h1-2,5-14,22,31,37H,3-4,15-21,23-25H2,(H,36,39). The van der Waals surface area contributed by atoms with Crippen molar-refractivity contribution in [1.82, 2.24) is 15.2 Å². The Morgan fingerprint density at radius 2 is 1.68 bits per heavy atom. The minimum atomic E-state index is -0.282. The van der Waals surface area contributed by atoms with Crippen molar-refractivity contribution in [1.29, 1.82) is 0 Å². The molecule has 0 aliphatic carbocycles. The summed E-state index contributed by atoms with van der Waals surface area (Å²) in [6.45, 7) is 4.51. The Morgan fingerprint density at radius 3 is 2.49 bits per heavy atom. The van der Waals surface area contributed by atoms with Gasteiger partial charge in [0.25, 0.3) is 0 Å². The van der Waals surface area contributed by atoms with E-state index in [-0.39, 0.29) is 24.9 Å². The number of nitrogens with zero attached hydrogens (tertiary/aromatic N) is 1. The smallest absolute Gasteiger partial charge is 0.246 e. The number of rotatable bonds is 14. The Labute approximate surface area is 241 Å². The molecule has 6 nitrogen and oxygen atoms in total. The van der Waals surface area contributed by atoms with Crippen molar-refractivity contribution in [3.8, 4) is 0 Å². The number of aromatic amines is 1. The number of hydrogen-bond acceptors (Lipinski definition) is 4. The molecule has 2 N–H and O–H groups in total. The number of ether oxygens (including phenoxy) is 2. The van der Waals surface area contributed by atoms with E-state index in [9.17, 15) is 9.18 Å². The van der Waals surface area contributed by atoms with Gasteiger partial charge in [-0.2, -0.15) is 0 Å². The molecule has 7 heteroatoms. The van der Waals surface area contributed by atoms with E-state index in [1.807, 2.05) is 0 Å². The Bertz CT molecular complexity index is 1360. The molecule has 1 amide bonds. The normalized spacial score (nSPS) is 14.1. The molecule has 41 heavy (non-hydrogen) atoms. The highest BCUT2D eigenvalue weighted by atomic mass is 19.1. The highest BCUT2D eigenvalue weighted by Crippen LogP contribution is 2.22. The number of hydrogen-bond donors (Lipinski definition) is 2. The van der Waals surface area contributed by atoms with Crippen molar-refractivity contribution in [2.45, 2.75) is 51.3 Å². The molecule has 1 fully saturated rings. The quantitative estimate of drug-likeness (QED) is 0.193. The number of aromatic nitrogens is 1. The lowest BCUT2D eigenvalue weighted by Crippen LogP contribution is -2.40. The first-order chi connectivity index (χ1) is 20.1. The molecular formula is C34H40FN3O3. The molecule has 0 saturated carbocycles. The minimum absolute atomic E-state index is 0.00397. The van der Waals surface area contributed by atoms with Crippen LogP contribution < -0.4 is 5.32 Å². The summed E-state index contributed by atoms with van der Waals surface area (Å²) < 4.78 is 24.1. The average molecular weight is 558 g/mol. The Balaban J connectivity index is 1.05. The first-order valence-electron chi connectivity index (χ1n) is 14.7. The van der Waals surface area contributed by atoms with Gasteiger partial charge in [0, 0.05) is 56.0 Å². The molecule has 0 unspecified atom stereocenters. The lowest BCUT2D eigenvalue weighted by molar-refractivity contribution is -0.126. The number of carbonyl (C=O) groups is 1. The number of halogens is 1. The van der Waals surface area contributed by atoms with Crippen LogP contribution in [0.2, 0.25) is 0 Å². The molecule has 0 spiro atoms. The minimum Gasteiger partial charge on any atom is -0.381 e. The van der Waals surface area contributed by atoms with E-state index in [0.717, 1.165) is 64.0 Å². The van der Waals surface area contributed by atoms with Crippen LogP contribution in [0, 0.1) is 5.82 Å². The third-order valence-corrected chi connectivity index (χ3v) is 7.84. The molecular weight excluding hydrogens is 517 g/mol. The van der Waals surface area contributed by atoms with Gasteiger partial charge in [-0.3, -0.25) is 9.69 Å². The van der Waals surface area contributed by atoms with Crippen LogP contribution in [-0.2, 0) is 40.3 Å². The Hall–Kier alpha value is -3.52. The lowest BCUT2D eigenvalue weighted by Gasteiger charge is -2.34. The van der Waals surface area contributed by atoms with Gasteiger partial charge in [0.15, 0.2) is 0 Å². The highest BCUT2D eigenvalue weighted by Gasteiger charge is 2.22. The predicted molar refractivity (Wildman–Crippen MR) is 160 cm³/mol. The fraction of sp³-hybridized carbons (Fsp3) is 0.382. The first-order valence-corrected chi connectivity index (χ1v) is 14.7. The molecule has 2 heterocycles. The number of fused-ring (bicyclic) bond motifs is 1. The van der Waals surface area contributed by atoms with Crippen molar-refractivity contribution in [3.05, 3.63) is 107 Å². The first kappa shape index (κ1) is 29.0. The average Bonchev–Trinajstić information content (AvgIpc) is 3.43. The van der Waals surface area contributed by atoms with E-state index < -0.39 is 0 Å². The third kappa shape index (κ3) is 8.73. The van der Waals surface area contributed by atoms with E-state index in [2.05, 4.69) is 69.9 Å². The van der Waals surface area contributed by atoms with E-state index in [1.165, 1.54) is 39.7 Å². The summed E-state index contributed by atoms with van der Waals surface area (Å²) >= 11 is 0. The van der Waals surface area contributed by atoms with Gasteiger partial charge in [-0.25, -0.2) is 4.39 Å². The molecule has 3 aromatic carbocycles. The van der Waals surface area contributed by atoms with Crippen molar-refractivity contribution < 1.29 is 18.7 Å². The summed E-state index contributed by atoms with van der Waals surface area (Å²) in [6, 6.07) is 24.1. The zero-order valence-corrected chi connectivity index (χ0v) is 23.6. The Morgan fingerprint density at radius 1 is 0.951 bits per heavy atom. The number of H-pyrrole nitrogens is 1. The van der Waals surface area contributed by atoms with Crippen LogP contribution in [0.1, 0.15) is 41.5 Å². The van der Waals surface area contributed by atoms with Crippen molar-refractivity contribution in [2.75, 3.05) is 32.9 Å². The van der Waals surface area contributed by atoms with Gasteiger partial charge in [0.1, 0.15) is 12.4 Å². The summed E-state index contributed by atoms with van der Waals surface area (Å²) in [5.74, 6) is -0.418. The van der Waals surface area contributed by atoms with Gasteiger partial charge in [-0.15, -0.1) is 0 Å². The monoisotopic (exact) mass is 557 g/mol. The Kier molecular flexibility index (Phi) is 10.5. The fourth-order valence-corrected chi connectivity index (χ4v) is 5.50. The summed E-state index contributed by atoms with van der Waals surface area (Å²) in [6.07, 6.45) is 7.10. The van der Waals surface area contributed by atoms with Gasteiger partial charge < -0.3 is 19.8 Å².